The van der Waals surface area contributed by atoms with E-state index in [1.807, 2.05) is 0 Å². The van der Waals surface area contributed by atoms with Crippen LogP contribution in [0.3, 0.4) is 0 Å². The summed E-state index contributed by atoms with van der Waals surface area (Å²) in [5.41, 5.74) is 0.286. The summed E-state index contributed by atoms with van der Waals surface area (Å²) in [6.07, 6.45) is 12.6. The molecule has 3 aliphatic rings. The largest absolute Gasteiger partial charge is 0.370 e. The maximum atomic E-state index is 6.49. The van der Waals surface area contributed by atoms with Gasteiger partial charge in [0.2, 0.25) is 0 Å². The van der Waals surface area contributed by atoms with Crippen molar-refractivity contribution in [1.29, 1.82) is 0 Å². The van der Waals surface area contributed by atoms with Gasteiger partial charge in [-0.2, -0.15) is 0 Å². The maximum Gasteiger partial charge on any atom is 0.0710 e. The second kappa shape index (κ2) is 6.11. The van der Waals surface area contributed by atoms with Gasteiger partial charge in [0.05, 0.1) is 11.7 Å². The second-order valence-electron chi connectivity index (χ2n) is 6.96. The molecule has 1 saturated carbocycles. The highest BCUT2D eigenvalue weighted by Crippen LogP contribution is 2.42. The first-order chi connectivity index (χ1) is 9.27. The van der Waals surface area contributed by atoms with Gasteiger partial charge in [-0.15, -0.1) is 0 Å². The summed E-state index contributed by atoms with van der Waals surface area (Å²) in [5.74, 6) is 0. The first-order valence-electron chi connectivity index (χ1n) is 8.36. The molecule has 1 N–H and O–H groups in total. The van der Waals surface area contributed by atoms with Crippen LogP contribution in [0.2, 0.25) is 0 Å². The van der Waals surface area contributed by atoms with Crippen LogP contribution in [-0.2, 0) is 4.74 Å². The number of ether oxygens (including phenoxy) is 1. The third-order valence-electron chi connectivity index (χ3n) is 5.49. The molecule has 2 saturated heterocycles. The van der Waals surface area contributed by atoms with Gasteiger partial charge in [-0.3, -0.25) is 4.90 Å². The third-order valence-corrected chi connectivity index (χ3v) is 5.49. The molecule has 0 aromatic carbocycles. The Morgan fingerprint density at radius 1 is 1.11 bits per heavy atom. The maximum absolute atomic E-state index is 6.49. The minimum Gasteiger partial charge on any atom is -0.370 e. The van der Waals surface area contributed by atoms with E-state index in [-0.39, 0.29) is 5.60 Å². The van der Waals surface area contributed by atoms with Crippen molar-refractivity contribution in [2.45, 2.75) is 75.5 Å². The molecule has 0 aromatic heterocycles. The van der Waals surface area contributed by atoms with Crippen molar-refractivity contribution >= 4 is 0 Å². The fourth-order valence-electron chi connectivity index (χ4n) is 4.27. The van der Waals surface area contributed by atoms with Crippen LogP contribution in [0.25, 0.3) is 0 Å². The summed E-state index contributed by atoms with van der Waals surface area (Å²) in [4.78, 5) is 2.54. The van der Waals surface area contributed by atoms with Crippen LogP contribution in [0.1, 0.15) is 57.8 Å². The fourth-order valence-corrected chi connectivity index (χ4v) is 4.27. The van der Waals surface area contributed by atoms with Crippen molar-refractivity contribution in [2.24, 2.45) is 0 Å². The molecule has 3 rings (SSSR count). The molecule has 0 radical (unpaired) electrons. The van der Waals surface area contributed by atoms with E-state index in [0.29, 0.717) is 6.10 Å². The van der Waals surface area contributed by atoms with Crippen LogP contribution < -0.4 is 5.32 Å². The minimum atomic E-state index is 0.286. The molecule has 2 atom stereocenters. The highest BCUT2D eigenvalue weighted by atomic mass is 16.5. The van der Waals surface area contributed by atoms with Crippen molar-refractivity contribution in [3.8, 4) is 0 Å². The SMILES string of the molecule is CN(CC1CCC2(CCCCC2)O1)C1CCCNC1. The van der Waals surface area contributed by atoms with Gasteiger partial charge in [-0.1, -0.05) is 19.3 Å². The Morgan fingerprint density at radius 3 is 2.68 bits per heavy atom. The highest BCUT2D eigenvalue weighted by molar-refractivity contribution is 4.92. The molecule has 19 heavy (non-hydrogen) atoms. The average molecular weight is 266 g/mol. The lowest BCUT2D eigenvalue weighted by molar-refractivity contribution is -0.0731. The van der Waals surface area contributed by atoms with E-state index < -0.39 is 0 Å². The lowest BCUT2D eigenvalue weighted by Crippen LogP contribution is -2.47. The minimum absolute atomic E-state index is 0.286. The molecule has 2 aliphatic heterocycles. The van der Waals surface area contributed by atoms with E-state index in [1.54, 1.807) is 0 Å². The molecular weight excluding hydrogens is 236 g/mol. The Labute approximate surface area is 118 Å². The zero-order valence-corrected chi connectivity index (χ0v) is 12.5. The summed E-state index contributed by atoms with van der Waals surface area (Å²) >= 11 is 0. The van der Waals surface area contributed by atoms with E-state index in [2.05, 4.69) is 17.3 Å². The molecule has 1 spiro atoms. The zero-order valence-electron chi connectivity index (χ0n) is 12.5. The first kappa shape index (κ1) is 13.8. The summed E-state index contributed by atoms with van der Waals surface area (Å²) < 4.78 is 6.49. The standard InChI is InChI=1S/C16H30N2O/c1-18(14-6-5-11-17-12-14)13-15-7-10-16(19-15)8-3-2-4-9-16/h14-15,17H,2-13H2,1H3. The average Bonchev–Trinajstić information content (AvgIpc) is 2.83. The molecule has 3 heteroatoms. The second-order valence-corrected chi connectivity index (χ2v) is 6.96. The van der Waals surface area contributed by atoms with Crippen molar-refractivity contribution in [1.82, 2.24) is 10.2 Å². The molecule has 1 aliphatic carbocycles. The van der Waals surface area contributed by atoms with Gasteiger partial charge >= 0.3 is 0 Å². The Morgan fingerprint density at radius 2 is 1.95 bits per heavy atom. The van der Waals surface area contributed by atoms with E-state index in [1.165, 1.54) is 64.3 Å². The molecule has 0 amide bonds. The van der Waals surface area contributed by atoms with E-state index >= 15 is 0 Å². The van der Waals surface area contributed by atoms with Crippen LogP contribution in [0.5, 0.6) is 0 Å². The van der Waals surface area contributed by atoms with Gasteiger partial charge in [-0.25, -0.2) is 0 Å². The van der Waals surface area contributed by atoms with Crippen molar-refractivity contribution in [2.75, 3.05) is 26.7 Å². The predicted octanol–water partition coefficient (Wildman–Crippen LogP) is 2.55. The molecule has 3 nitrogen and oxygen atoms in total. The highest BCUT2D eigenvalue weighted by Gasteiger charge is 2.41. The van der Waals surface area contributed by atoms with Gasteiger partial charge in [0.15, 0.2) is 0 Å². The number of hydrogen-bond donors (Lipinski definition) is 1. The normalized spacial score (nSPS) is 35.1. The van der Waals surface area contributed by atoms with Crippen LogP contribution >= 0.6 is 0 Å². The number of hydrogen-bond acceptors (Lipinski definition) is 3. The Bertz CT molecular complexity index is 282. The topological polar surface area (TPSA) is 24.5 Å². The van der Waals surface area contributed by atoms with Gasteiger partial charge in [0.1, 0.15) is 0 Å². The van der Waals surface area contributed by atoms with E-state index in [9.17, 15) is 0 Å². The monoisotopic (exact) mass is 266 g/mol. The quantitative estimate of drug-likeness (QED) is 0.849. The van der Waals surface area contributed by atoms with Gasteiger partial charge in [0, 0.05) is 19.1 Å². The Balaban J connectivity index is 1.48. The van der Waals surface area contributed by atoms with Crippen molar-refractivity contribution in [3.63, 3.8) is 0 Å². The molecule has 2 unspecified atom stereocenters. The van der Waals surface area contributed by atoms with Gasteiger partial charge < -0.3 is 10.1 Å². The zero-order chi connectivity index (χ0) is 13.1. The molecule has 0 aromatic rings. The number of nitrogens with one attached hydrogen (secondary N) is 1. The molecular formula is C16H30N2O. The lowest BCUT2D eigenvalue weighted by Gasteiger charge is -2.36. The first-order valence-corrected chi connectivity index (χ1v) is 8.36. The van der Waals surface area contributed by atoms with E-state index in [0.717, 1.165) is 19.1 Å². The third kappa shape index (κ3) is 3.32. The Kier molecular flexibility index (Phi) is 4.45. The van der Waals surface area contributed by atoms with E-state index in [4.69, 9.17) is 4.74 Å². The smallest absolute Gasteiger partial charge is 0.0710 e. The van der Waals surface area contributed by atoms with Crippen LogP contribution in [-0.4, -0.2) is 49.3 Å². The summed E-state index contributed by atoms with van der Waals surface area (Å²) in [5, 5.41) is 3.52. The number of nitrogens with zero attached hydrogens (tertiary/aromatic N) is 1. The van der Waals surface area contributed by atoms with Crippen LogP contribution in [0.15, 0.2) is 0 Å². The summed E-state index contributed by atoms with van der Waals surface area (Å²) in [6, 6.07) is 0.722. The molecule has 2 heterocycles. The van der Waals surface area contributed by atoms with Crippen LogP contribution in [0, 0.1) is 0 Å². The fraction of sp³-hybridized carbons (Fsp3) is 1.00. The molecule has 3 fully saturated rings. The van der Waals surface area contributed by atoms with Crippen molar-refractivity contribution < 1.29 is 4.74 Å². The molecule has 110 valence electrons. The number of rotatable bonds is 3. The lowest BCUT2D eigenvalue weighted by atomic mass is 9.83. The van der Waals surface area contributed by atoms with Gasteiger partial charge in [0.25, 0.3) is 0 Å². The molecule has 0 bridgehead atoms. The summed E-state index contributed by atoms with van der Waals surface area (Å²) in [6.45, 7) is 3.50. The van der Waals surface area contributed by atoms with Crippen molar-refractivity contribution in [3.05, 3.63) is 0 Å². The predicted molar refractivity (Wildman–Crippen MR) is 78.4 cm³/mol. The van der Waals surface area contributed by atoms with Crippen LogP contribution in [0.4, 0.5) is 0 Å². The van der Waals surface area contributed by atoms with Gasteiger partial charge in [-0.05, 0) is 52.1 Å². The summed E-state index contributed by atoms with van der Waals surface area (Å²) in [7, 11) is 2.28. The number of piperidine rings is 1. The number of likely N-dealkylation sites (N-methyl/N-ethyl adjacent to an activating group) is 1. The Hall–Kier alpha value is -0.120.